The molecule has 2 atom stereocenters. The lowest BCUT2D eigenvalue weighted by Gasteiger charge is -2.37. The second-order valence-corrected chi connectivity index (χ2v) is 6.43. The van der Waals surface area contributed by atoms with E-state index in [9.17, 15) is 14.0 Å². The topological polar surface area (TPSA) is 58.1 Å². The number of para-hydroxylation sites is 2. The van der Waals surface area contributed by atoms with Gasteiger partial charge in [-0.3, -0.25) is 9.36 Å². The molecule has 1 aliphatic rings. The van der Waals surface area contributed by atoms with E-state index in [1.165, 1.54) is 12.1 Å². The predicted octanol–water partition coefficient (Wildman–Crippen LogP) is 3.00. The van der Waals surface area contributed by atoms with Crippen molar-refractivity contribution in [3.8, 4) is 0 Å². The highest BCUT2D eigenvalue weighted by molar-refractivity contribution is 5.84. The lowest BCUT2D eigenvalue weighted by atomic mass is 9.92. The van der Waals surface area contributed by atoms with Crippen molar-refractivity contribution < 1.29 is 9.18 Å². The van der Waals surface area contributed by atoms with Gasteiger partial charge in [0.15, 0.2) is 0 Å². The fraction of sp³-hybridized carbons (Fsp3) is 0.263. The van der Waals surface area contributed by atoms with Crippen molar-refractivity contribution in [1.29, 1.82) is 0 Å². The number of rotatable bonds is 2. The highest BCUT2D eigenvalue weighted by Gasteiger charge is 2.36. The standard InChI is InChI=1S/C19H18FN3O2/c1-22-15(12-6-8-13(20)9-7-12)10-11-17(18(22)24)23-16-5-3-2-4-14(16)21-19(23)25/h2-9,15,17H,10-11H2,1H3,(H,21,25)/t15-,17-/m1/s1. The van der Waals surface area contributed by atoms with Gasteiger partial charge in [0.2, 0.25) is 5.91 Å². The lowest BCUT2D eigenvalue weighted by Crippen LogP contribution is -2.43. The zero-order valence-electron chi connectivity index (χ0n) is 13.8. The van der Waals surface area contributed by atoms with Crippen molar-refractivity contribution >= 4 is 16.9 Å². The number of hydrogen-bond donors (Lipinski definition) is 1. The summed E-state index contributed by atoms with van der Waals surface area (Å²) in [5, 5.41) is 0. The summed E-state index contributed by atoms with van der Waals surface area (Å²) in [7, 11) is 1.74. The molecule has 4 rings (SSSR count). The Morgan fingerprint density at radius 2 is 1.68 bits per heavy atom. The Kier molecular flexibility index (Phi) is 3.67. The molecule has 1 aromatic heterocycles. The number of amides is 1. The predicted molar refractivity (Wildman–Crippen MR) is 92.7 cm³/mol. The first-order chi connectivity index (χ1) is 12.1. The Hall–Kier alpha value is -2.89. The summed E-state index contributed by atoms with van der Waals surface area (Å²) in [4.78, 5) is 29.8. The molecule has 1 aliphatic heterocycles. The second kappa shape index (κ2) is 5.88. The maximum absolute atomic E-state index is 13.1. The number of imidazole rings is 1. The summed E-state index contributed by atoms with van der Waals surface area (Å²) in [5.74, 6) is -0.399. The molecule has 2 aromatic carbocycles. The molecule has 6 heteroatoms. The first-order valence-electron chi connectivity index (χ1n) is 8.27. The molecule has 2 heterocycles. The highest BCUT2D eigenvalue weighted by atomic mass is 19.1. The normalized spacial score (nSPS) is 21.0. The number of piperidine rings is 1. The third-order valence-electron chi connectivity index (χ3n) is 5.00. The van der Waals surface area contributed by atoms with Gasteiger partial charge in [-0.05, 0) is 42.7 Å². The molecule has 5 nitrogen and oxygen atoms in total. The summed E-state index contributed by atoms with van der Waals surface area (Å²) in [5.41, 5.74) is 2.10. The van der Waals surface area contributed by atoms with Crippen LogP contribution in [0.3, 0.4) is 0 Å². The number of halogens is 1. The van der Waals surface area contributed by atoms with E-state index in [4.69, 9.17) is 0 Å². The molecule has 0 bridgehead atoms. The maximum atomic E-state index is 13.1. The van der Waals surface area contributed by atoms with Crippen molar-refractivity contribution in [2.45, 2.75) is 24.9 Å². The van der Waals surface area contributed by atoms with Crippen LogP contribution >= 0.6 is 0 Å². The van der Waals surface area contributed by atoms with Crippen LogP contribution in [0.4, 0.5) is 4.39 Å². The van der Waals surface area contributed by atoms with E-state index >= 15 is 0 Å². The van der Waals surface area contributed by atoms with E-state index in [-0.39, 0.29) is 23.5 Å². The van der Waals surface area contributed by atoms with Crippen LogP contribution in [-0.4, -0.2) is 27.4 Å². The van der Waals surface area contributed by atoms with Gasteiger partial charge < -0.3 is 9.88 Å². The van der Waals surface area contributed by atoms with E-state index in [0.29, 0.717) is 12.8 Å². The minimum absolute atomic E-state index is 0.104. The molecule has 1 saturated heterocycles. The molecule has 0 aliphatic carbocycles. The van der Waals surface area contributed by atoms with Gasteiger partial charge in [-0.25, -0.2) is 9.18 Å². The Labute approximate surface area is 143 Å². The molecule has 1 N–H and O–H groups in total. The molecule has 3 aromatic rings. The van der Waals surface area contributed by atoms with Crippen molar-refractivity contribution in [2.24, 2.45) is 0 Å². The molecule has 25 heavy (non-hydrogen) atoms. The average Bonchev–Trinajstić information content (AvgIpc) is 2.94. The van der Waals surface area contributed by atoms with Crippen LogP contribution in [0, 0.1) is 5.82 Å². The third-order valence-corrected chi connectivity index (χ3v) is 5.00. The summed E-state index contributed by atoms with van der Waals surface area (Å²) in [6, 6.07) is 13.0. The number of hydrogen-bond acceptors (Lipinski definition) is 2. The Balaban J connectivity index is 1.68. The fourth-order valence-electron chi connectivity index (χ4n) is 3.72. The molecule has 128 valence electrons. The monoisotopic (exact) mass is 339 g/mol. The molecular weight excluding hydrogens is 321 g/mol. The van der Waals surface area contributed by atoms with Crippen molar-refractivity contribution in [3.63, 3.8) is 0 Å². The smallest absolute Gasteiger partial charge is 0.327 e. The summed E-state index contributed by atoms with van der Waals surface area (Å²) < 4.78 is 14.7. The number of likely N-dealkylation sites (N-methyl/N-ethyl adjacent to an activating group) is 1. The van der Waals surface area contributed by atoms with Crippen LogP contribution in [0.5, 0.6) is 0 Å². The largest absolute Gasteiger partial charge is 0.337 e. The summed E-state index contributed by atoms with van der Waals surface area (Å²) in [6.07, 6.45) is 1.28. The van der Waals surface area contributed by atoms with Gasteiger partial charge in [0.25, 0.3) is 0 Å². The molecule has 0 spiro atoms. The van der Waals surface area contributed by atoms with Crippen LogP contribution < -0.4 is 5.69 Å². The Morgan fingerprint density at radius 3 is 2.44 bits per heavy atom. The lowest BCUT2D eigenvalue weighted by molar-refractivity contribution is -0.139. The molecule has 0 radical (unpaired) electrons. The van der Waals surface area contributed by atoms with E-state index in [0.717, 1.165) is 16.6 Å². The number of aromatic amines is 1. The number of likely N-dealkylation sites (tertiary alicyclic amines) is 1. The molecule has 0 unspecified atom stereocenters. The quantitative estimate of drug-likeness (QED) is 0.780. The first-order valence-corrected chi connectivity index (χ1v) is 8.27. The van der Waals surface area contributed by atoms with Gasteiger partial charge in [-0.2, -0.15) is 0 Å². The van der Waals surface area contributed by atoms with E-state index in [1.54, 1.807) is 28.6 Å². The van der Waals surface area contributed by atoms with Crippen LogP contribution in [0.1, 0.15) is 30.5 Å². The van der Waals surface area contributed by atoms with Gasteiger partial charge >= 0.3 is 5.69 Å². The minimum Gasteiger partial charge on any atom is -0.337 e. The summed E-state index contributed by atoms with van der Waals surface area (Å²) >= 11 is 0. The van der Waals surface area contributed by atoms with E-state index in [2.05, 4.69) is 4.98 Å². The Morgan fingerprint density at radius 1 is 1.00 bits per heavy atom. The SMILES string of the molecule is CN1C(=O)[C@H](n2c(=O)[nH]c3ccccc32)CC[C@@H]1c1ccc(F)cc1. The van der Waals surface area contributed by atoms with Crippen molar-refractivity contribution in [2.75, 3.05) is 7.05 Å². The van der Waals surface area contributed by atoms with Crippen LogP contribution in [-0.2, 0) is 4.79 Å². The fourth-order valence-corrected chi connectivity index (χ4v) is 3.72. The minimum atomic E-state index is -0.523. The van der Waals surface area contributed by atoms with Gasteiger partial charge in [0, 0.05) is 7.05 Å². The van der Waals surface area contributed by atoms with Crippen LogP contribution in [0.25, 0.3) is 11.0 Å². The number of nitrogens with one attached hydrogen (secondary N) is 1. The van der Waals surface area contributed by atoms with Crippen molar-refractivity contribution in [3.05, 3.63) is 70.4 Å². The molecule has 1 fully saturated rings. The van der Waals surface area contributed by atoms with Gasteiger partial charge in [-0.15, -0.1) is 0 Å². The third kappa shape index (κ3) is 2.54. The zero-order chi connectivity index (χ0) is 17.6. The second-order valence-electron chi connectivity index (χ2n) is 6.43. The number of fused-ring (bicyclic) bond motifs is 1. The van der Waals surface area contributed by atoms with Crippen molar-refractivity contribution in [1.82, 2.24) is 14.5 Å². The number of carbonyl (C=O) groups excluding carboxylic acids is 1. The molecular formula is C19H18FN3O2. The Bertz CT molecular complexity index is 990. The highest BCUT2D eigenvalue weighted by Crippen LogP contribution is 2.35. The van der Waals surface area contributed by atoms with E-state index in [1.807, 2.05) is 24.3 Å². The average molecular weight is 339 g/mol. The van der Waals surface area contributed by atoms with E-state index < -0.39 is 6.04 Å². The van der Waals surface area contributed by atoms with Gasteiger partial charge in [0.05, 0.1) is 17.1 Å². The number of carbonyl (C=O) groups is 1. The van der Waals surface area contributed by atoms with Crippen LogP contribution in [0.2, 0.25) is 0 Å². The maximum Gasteiger partial charge on any atom is 0.327 e. The van der Waals surface area contributed by atoms with Gasteiger partial charge in [0.1, 0.15) is 11.9 Å². The number of aromatic nitrogens is 2. The first kappa shape index (κ1) is 15.6. The van der Waals surface area contributed by atoms with Gasteiger partial charge in [-0.1, -0.05) is 24.3 Å². The molecule has 1 amide bonds. The number of nitrogens with zero attached hydrogens (tertiary/aromatic N) is 2. The molecule has 0 saturated carbocycles. The summed E-state index contributed by atoms with van der Waals surface area (Å²) in [6.45, 7) is 0. The number of benzene rings is 2. The van der Waals surface area contributed by atoms with Crippen LogP contribution in [0.15, 0.2) is 53.3 Å². The number of H-pyrrole nitrogens is 1. The zero-order valence-corrected chi connectivity index (χ0v) is 13.8.